The largest absolute Gasteiger partial charge is 0.432 e. The molecule has 0 aliphatic carbocycles. The lowest BCUT2D eigenvalue weighted by Crippen LogP contribution is -2.06. The van der Waals surface area contributed by atoms with E-state index in [-0.39, 0.29) is 28.2 Å². The molecule has 0 saturated carbocycles. The first-order chi connectivity index (χ1) is 10.0. The number of ether oxygens (including phenoxy) is 1. The second-order valence-corrected chi connectivity index (χ2v) is 4.68. The van der Waals surface area contributed by atoms with Crippen LogP contribution in [0.15, 0.2) is 24.5 Å². The van der Waals surface area contributed by atoms with Crippen LogP contribution in [0.2, 0.25) is 10.0 Å². The van der Waals surface area contributed by atoms with E-state index in [1.54, 1.807) is 13.0 Å². The minimum atomic E-state index is -0.614. The first-order valence-electron chi connectivity index (χ1n) is 5.89. The van der Waals surface area contributed by atoms with Crippen LogP contribution in [0.1, 0.15) is 6.92 Å². The molecule has 0 radical (unpaired) electrons. The van der Waals surface area contributed by atoms with E-state index in [4.69, 9.17) is 27.9 Å². The predicted molar refractivity (Wildman–Crippen MR) is 79.4 cm³/mol. The number of nitrogens with one attached hydrogen (secondary N) is 1. The number of nitrogens with zero attached hydrogens (tertiary/aromatic N) is 3. The fourth-order valence-corrected chi connectivity index (χ4v) is 2.01. The van der Waals surface area contributed by atoms with E-state index in [0.29, 0.717) is 11.6 Å². The van der Waals surface area contributed by atoms with Gasteiger partial charge in [0.1, 0.15) is 12.1 Å². The average Bonchev–Trinajstić information content (AvgIpc) is 2.42. The Labute approximate surface area is 130 Å². The second-order valence-electron chi connectivity index (χ2n) is 3.84. The Hall–Kier alpha value is -2.12. The van der Waals surface area contributed by atoms with E-state index < -0.39 is 4.92 Å². The van der Waals surface area contributed by atoms with E-state index in [1.807, 2.05) is 0 Å². The van der Waals surface area contributed by atoms with Gasteiger partial charge in [0.15, 0.2) is 0 Å². The van der Waals surface area contributed by atoms with Crippen molar-refractivity contribution in [2.75, 3.05) is 11.9 Å². The summed E-state index contributed by atoms with van der Waals surface area (Å²) in [6.45, 7) is 2.27. The van der Waals surface area contributed by atoms with Gasteiger partial charge >= 0.3 is 11.6 Å². The fraction of sp³-hybridized carbons (Fsp3) is 0.167. The topological polar surface area (TPSA) is 90.2 Å². The molecular weight excluding hydrogens is 319 g/mol. The normalized spacial score (nSPS) is 10.2. The molecule has 0 bridgehead atoms. The zero-order valence-electron chi connectivity index (χ0n) is 10.8. The van der Waals surface area contributed by atoms with Gasteiger partial charge in [0, 0.05) is 11.6 Å². The number of aromatic nitrogens is 2. The molecule has 110 valence electrons. The third kappa shape index (κ3) is 3.50. The molecule has 7 nitrogen and oxygen atoms in total. The molecule has 21 heavy (non-hydrogen) atoms. The van der Waals surface area contributed by atoms with Gasteiger partial charge in [-0.2, -0.15) is 4.98 Å². The molecule has 0 amide bonds. The van der Waals surface area contributed by atoms with Gasteiger partial charge in [0.05, 0.1) is 9.95 Å². The summed E-state index contributed by atoms with van der Waals surface area (Å²) in [6, 6.07) is 4.53. The maximum absolute atomic E-state index is 11.2. The number of rotatable bonds is 5. The smallest absolute Gasteiger partial charge is 0.373 e. The van der Waals surface area contributed by atoms with Crippen LogP contribution >= 0.6 is 23.2 Å². The van der Waals surface area contributed by atoms with Gasteiger partial charge < -0.3 is 10.1 Å². The van der Waals surface area contributed by atoms with Crippen molar-refractivity contribution in [2.24, 2.45) is 0 Å². The molecule has 9 heteroatoms. The summed E-state index contributed by atoms with van der Waals surface area (Å²) < 4.78 is 5.42. The first kappa shape index (κ1) is 15.3. The van der Waals surface area contributed by atoms with Crippen LogP contribution in [0, 0.1) is 10.1 Å². The average molecular weight is 329 g/mol. The summed E-state index contributed by atoms with van der Waals surface area (Å²) in [5, 5.41) is 14.6. The molecule has 1 aromatic carbocycles. The van der Waals surface area contributed by atoms with Gasteiger partial charge in [-0.3, -0.25) is 10.1 Å². The summed E-state index contributed by atoms with van der Waals surface area (Å²) in [5.74, 6) is 0.0954. The Morgan fingerprint density at radius 3 is 2.76 bits per heavy atom. The minimum Gasteiger partial charge on any atom is -0.432 e. The van der Waals surface area contributed by atoms with Crippen molar-refractivity contribution in [3.63, 3.8) is 0 Å². The van der Waals surface area contributed by atoms with Gasteiger partial charge in [-0.15, -0.1) is 0 Å². The van der Waals surface area contributed by atoms with Crippen molar-refractivity contribution in [2.45, 2.75) is 6.92 Å². The highest BCUT2D eigenvalue weighted by Gasteiger charge is 2.25. The molecule has 0 aliphatic heterocycles. The molecule has 1 aromatic heterocycles. The number of nitro groups is 1. The fourth-order valence-electron chi connectivity index (χ4n) is 1.56. The zero-order chi connectivity index (χ0) is 15.4. The third-order valence-corrected chi connectivity index (χ3v) is 2.95. The second kappa shape index (κ2) is 6.55. The Balaban J connectivity index is 2.43. The minimum absolute atomic E-state index is 0.0811. The first-order valence-corrected chi connectivity index (χ1v) is 6.64. The SMILES string of the molecule is CCNc1ncnc(Oc2ccc(Cl)cc2Cl)c1[N+](=O)[O-]. The van der Waals surface area contributed by atoms with Crippen LogP contribution < -0.4 is 10.1 Å². The predicted octanol–water partition coefficient (Wildman–Crippen LogP) is 3.92. The molecule has 0 saturated heterocycles. The van der Waals surface area contributed by atoms with Gasteiger partial charge in [-0.25, -0.2) is 4.98 Å². The molecule has 2 rings (SSSR count). The number of hydrogen-bond donors (Lipinski definition) is 1. The Morgan fingerprint density at radius 1 is 1.38 bits per heavy atom. The lowest BCUT2D eigenvalue weighted by molar-refractivity contribution is -0.385. The van der Waals surface area contributed by atoms with Crippen molar-refractivity contribution in [1.29, 1.82) is 0 Å². The van der Waals surface area contributed by atoms with E-state index >= 15 is 0 Å². The maximum Gasteiger partial charge on any atom is 0.373 e. The molecule has 0 aliphatic rings. The third-order valence-electron chi connectivity index (χ3n) is 2.42. The van der Waals surface area contributed by atoms with Crippen LogP contribution in [0.3, 0.4) is 0 Å². The summed E-state index contributed by atoms with van der Waals surface area (Å²) >= 11 is 11.8. The monoisotopic (exact) mass is 328 g/mol. The van der Waals surface area contributed by atoms with Crippen LogP contribution in [-0.4, -0.2) is 21.4 Å². The van der Waals surface area contributed by atoms with E-state index in [1.165, 1.54) is 18.5 Å². The van der Waals surface area contributed by atoms with Crippen molar-refractivity contribution >= 4 is 34.7 Å². The van der Waals surface area contributed by atoms with Gasteiger partial charge in [0.25, 0.3) is 0 Å². The summed E-state index contributed by atoms with van der Waals surface area (Å²) in [5.41, 5.74) is -0.356. The molecule has 0 spiro atoms. The van der Waals surface area contributed by atoms with Gasteiger partial charge in [-0.1, -0.05) is 23.2 Å². The van der Waals surface area contributed by atoms with E-state index in [0.717, 1.165) is 0 Å². The zero-order valence-corrected chi connectivity index (χ0v) is 12.4. The molecular formula is C12H10Cl2N4O3. The standard InChI is InChI=1S/C12H10Cl2N4O3/c1-2-15-11-10(18(19)20)12(17-6-16-11)21-9-4-3-7(13)5-8(9)14/h3-6H,2H2,1H3,(H,15,16,17). The Bertz CT molecular complexity index is 682. The number of anilines is 1. The van der Waals surface area contributed by atoms with Crippen LogP contribution in [0.25, 0.3) is 0 Å². The van der Waals surface area contributed by atoms with E-state index in [9.17, 15) is 10.1 Å². The number of hydrogen-bond acceptors (Lipinski definition) is 6. The van der Waals surface area contributed by atoms with Gasteiger partial charge in [-0.05, 0) is 25.1 Å². The molecule has 2 aromatic rings. The summed E-state index contributed by atoms with van der Waals surface area (Å²) in [7, 11) is 0. The van der Waals surface area contributed by atoms with Crippen LogP contribution in [-0.2, 0) is 0 Å². The van der Waals surface area contributed by atoms with Gasteiger partial charge in [0.2, 0.25) is 5.82 Å². The molecule has 1 heterocycles. The maximum atomic E-state index is 11.2. The molecule has 0 unspecified atom stereocenters. The van der Waals surface area contributed by atoms with Crippen molar-refractivity contribution < 1.29 is 9.66 Å². The molecule has 0 atom stereocenters. The van der Waals surface area contributed by atoms with Crippen LogP contribution in [0.4, 0.5) is 11.5 Å². The molecule has 0 fully saturated rings. The highest BCUT2D eigenvalue weighted by Crippen LogP contribution is 2.37. The molecule has 1 N–H and O–H groups in total. The quantitative estimate of drug-likeness (QED) is 0.660. The number of halogens is 2. The number of benzene rings is 1. The van der Waals surface area contributed by atoms with Crippen molar-refractivity contribution in [1.82, 2.24) is 9.97 Å². The van der Waals surface area contributed by atoms with Crippen LogP contribution in [0.5, 0.6) is 11.6 Å². The summed E-state index contributed by atoms with van der Waals surface area (Å²) in [4.78, 5) is 18.2. The lowest BCUT2D eigenvalue weighted by atomic mass is 10.3. The Morgan fingerprint density at radius 2 is 2.14 bits per heavy atom. The lowest BCUT2D eigenvalue weighted by Gasteiger charge is -2.09. The Kier molecular flexibility index (Phi) is 4.77. The summed E-state index contributed by atoms with van der Waals surface area (Å²) in [6.07, 6.45) is 1.17. The van der Waals surface area contributed by atoms with Crippen molar-refractivity contribution in [3.8, 4) is 11.6 Å². The highest BCUT2D eigenvalue weighted by molar-refractivity contribution is 6.35. The van der Waals surface area contributed by atoms with Crippen molar-refractivity contribution in [3.05, 3.63) is 44.7 Å². The van der Waals surface area contributed by atoms with E-state index in [2.05, 4.69) is 15.3 Å². The highest BCUT2D eigenvalue weighted by atomic mass is 35.5.